The van der Waals surface area contributed by atoms with Gasteiger partial charge in [-0.1, -0.05) is 36.9 Å². The van der Waals surface area contributed by atoms with Crippen molar-refractivity contribution in [3.05, 3.63) is 48.2 Å². The summed E-state index contributed by atoms with van der Waals surface area (Å²) in [5, 5.41) is 3.60. The second-order valence-corrected chi connectivity index (χ2v) is 5.00. The highest BCUT2D eigenvalue weighted by Gasteiger charge is 2.37. The Morgan fingerprint density at radius 3 is 2.44 bits per heavy atom. The fourth-order valence-corrected chi connectivity index (χ4v) is 2.22. The van der Waals surface area contributed by atoms with Gasteiger partial charge in [-0.3, -0.25) is 5.32 Å². The predicted octanol–water partition coefficient (Wildman–Crippen LogP) is 2.38. The van der Waals surface area contributed by atoms with Gasteiger partial charge in [-0.25, -0.2) is 0 Å². The minimum atomic E-state index is 0.0104. The van der Waals surface area contributed by atoms with Crippen LogP contribution in [-0.4, -0.2) is 23.7 Å². The van der Waals surface area contributed by atoms with E-state index in [0.29, 0.717) is 6.04 Å². The van der Waals surface area contributed by atoms with Crippen LogP contribution in [0.2, 0.25) is 0 Å². The summed E-state index contributed by atoms with van der Waals surface area (Å²) in [6, 6.07) is 10.9. The van der Waals surface area contributed by atoms with E-state index in [4.69, 9.17) is 0 Å². The van der Waals surface area contributed by atoms with Gasteiger partial charge in [0.15, 0.2) is 0 Å². The van der Waals surface area contributed by atoms with Crippen LogP contribution in [0.3, 0.4) is 0 Å². The monoisotopic (exact) mass is 216 g/mol. The number of hydrogen-bond donors (Lipinski definition) is 1. The van der Waals surface area contributed by atoms with Crippen molar-refractivity contribution in [3.8, 4) is 0 Å². The molecule has 1 saturated heterocycles. The molecule has 2 heteroatoms. The van der Waals surface area contributed by atoms with Crippen LogP contribution in [0.15, 0.2) is 42.6 Å². The number of rotatable bonds is 2. The lowest BCUT2D eigenvalue weighted by Gasteiger charge is -2.29. The first kappa shape index (κ1) is 11.2. The van der Waals surface area contributed by atoms with Crippen molar-refractivity contribution >= 4 is 0 Å². The van der Waals surface area contributed by atoms with Crippen molar-refractivity contribution in [1.82, 2.24) is 10.2 Å². The van der Waals surface area contributed by atoms with E-state index in [1.54, 1.807) is 0 Å². The van der Waals surface area contributed by atoms with Gasteiger partial charge in [0.25, 0.3) is 0 Å². The lowest BCUT2D eigenvalue weighted by molar-refractivity contribution is 0.220. The fourth-order valence-electron chi connectivity index (χ4n) is 2.22. The van der Waals surface area contributed by atoms with E-state index in [1.807, 2.05) is 0 Å². The third-order valence-electron chi connectivity index (χ3n) is 3.48. The van der Waals surface area contributed by atoms with E-state index in [9.17, 15) is 0 Å². The molecule has 16 heavy (non-hydrogen) atoms. The summed E-state index contributed by atoms with van der Waals surface area (Å²) in [4.78, 5) is 2.22. The van der Waals surface area contributed by atoms with Crippen LogP contribution in [0.25, 0.3) is 0 Å². The van der Waals surface area contributed by atoms with Gasteiger partial charge in [0.2, 0.25) is 0 Å². The fraction of sp³-hybridized carbons (Fsp3) is 0.429. The van der Waals surface area contributed by atoms with E-state index in [1.165, 1.54) is 11.3 Å². The van der Waals surface area contributed by atoms with Crippen molar-refractivity contribution in [3.63, 3.8) is 0 Å². The van der Waals surface area contributed by atoms with Crippen molar-refractivity contribution in [2.24, 2.45) is 0 Å². The highest BCUT2D eigenvalue weighted by atomic mass is 15.4. The second kappa shape index (κ2) is 3.95. The standard InChI is InChI=1S/C14H20N2/c1-11-13(15-14(2,3)16(11)4)10-12-8-6-5-7-9-12/h5-9,13,15H,1,10H2,2-4H3/t13-/m0/s1. The maximum Gasteiger partial charge on any atom is 0.0850 e. The molecule has 1 aliphatic heterocycles. The van der Waals surface area contributed by atoms with Crippen LogP contribution < -0.4 is 5.32 Å². The molecule has 2 nitrogen and oxygen atoms in total. The quantitative estimate of drug-likeness (QED) is 0.816. The molecule has 0 spiro atoms. The van der Waals surface area contributed by atoms with Crippen LogP contribution in [0.4, 0.5) is 0 Å². The molecular formula is C14H20N2. The zero-order valence-electron chi connectivity index (χ0n) is 10.3. The molecule has 86 valence electrons. The molecule has 1 aromatic carbocycles. The molecule has 1 aromatic rings. The van der Waals surface area contributed by atoms with Crippen LogP contribution in [0, 0.1) is 0 Å². The minimum absolute atomic E-state index is 0.0104. The van der Waals surface area contributed by atoms with Gasteiger partial charge < -0.3 is 4.90 Å². The Balaban J connectivity index is 2.11. The van der Waals surface area contributed by atoms with Crippen LogP contribution in [0.5, 0.6) is 0 Å². The highest BCUT2D eigenvalue weighted by molar-refractivity contribution is 5.23. The van der Waals surface area contributed by atoms with Crippen LogP contribution in [0.1, 0.15) is 19.4 Å². The lowest BCUT2D eigenvalue weighted by atomic mass is 10.0. The Morgan fingerprint density at radius 1 is 1.31 bits per heavy atom. The maximum atomic E-state index is 4.17. The Labute approximate surface area is 98.0 Å². The van der Waals surface area contributed by atoms with Crippen molar-refractivity contribution < 1.29 is 0 Å². The summed E-state index contributed by atoms with van der Waals surface area (Å²) < 4.78 is 0. The molecule has 1 heterocycles. The van der Waals surface area contributed by atoms with Crippen molar-refractivity contribution in [1.29, 1.82) is 0 Å². The molecule has 0 aromatic heterocycles. The molecule has 0 bridgehead atoms. The molecule has 0 saturated carbocycles. The van der Waals surface area contributed by atoms with E-state index < -0.39 is 0 Å². The summed E-state index contributed by atoms with van der Waals surface area (Å²) in [6.07, 6.45) is 1.01. The molecule has 0 unspecified atom stereocenters. The molecule has 2 rings (SSSR count). The predicted molar refractivity (Wildman–Crippen MR) is 68.1 cm³/mol. The maximum absolute atomic E-state index is 4.17. The molecule has 1 fully saturated rings. The summed E-state index contributed by atoms with van der Waals surface area (Å²) in [7, 11) is 2.10. The summed E-state index contributed by atoms with van der Waals surface area (Å²) in [5.41, 5.74) is 2.54. The van der Waals surface area contributed by atoms with Gasteiger partial charge in [0.1, 0.15) is 0 Å². The van der Waals surface area contributed by atoms with Gasteiger partial charge in [-0.15, -0.1) is 0 Å². The molecule has 0 amide bonds. The second-order valence-electron chi connectivity index (χ2n) is 5.00. The smallest absolute Gasteiger partial charge is 0.0850 e. The number of hydrogen-bond acceptors (Lipinski definition) is 2. The molecule has 1 N–H and O–H groups in total. The Hall–Kier alpha value is -1.28. The Kier molecular flexibility index (Phi) is 2.76. The molecular weight excluding hydrogens is 196 g/mol. The van der Waals surface area contributed by atoms with Gasteiger partial charge in [-0.05, 0) is 25.8 Å². The first-order valence-electron chi connectivity index (χ1n) is 5.75. The highest BCUT2D eigenvalue weighted by Crippen LogP contribution is 2.27. The molecule has 0 radical (unpaired) electrons. The first-order chi connectivity index (χ1) is 7.50. The largest absolute Gasteiger partial charge is 0.359 e. The number of nitrogens with zero attached hydrogens (tertiary/aromatic N) is 1. The Bertz CT molecular complexity index is 381. The topological polar surface area (TPSA) is 15.3 Å². The number of benzene rings is 1. The van der Waals surface area contributed by atoms with E-state index >= 15 is 0 Å². The summed E-state index contributed by atoms with van der Waals surface area (Å²) in [6.45, 7) is 8.54. The van der Waals surface area contributed by atoms with Crippen molar-refractivity contribution in [2.45, 2.75) is 32.0 Å². The Morgan fingerprint density at radius 2 is 1.94 bits per heavy atom. The molecule has 0 aliphatic carbocycles. The van der Waals surface area contributed by atoms with Gasteiger partial charge >= 0.3 is 0 Å². The SMILES string of the molecule is C=C1[C@H](Cc2ccccc2)NC(C)(C)N1C. The summed E-state index contributed by atoms with van der Waals surface area (Å²) in [5.74, 6) is 0. The molecule has 1 atom stereocenters. The van der Waals surface area contributed by atoms with Gasteiger partial charge in [0, 0.05) is 12.7 Å². The zero-order chi connectivity index (χ0) is 11.8. The summed E-state index contributed by atoms with van der Waals surface area (Å²) >= 11 is 0. The van der Waals surface area contributed by atoms with Crippen LogP contribution >= 0.6 is 0 Å². The third-order valence-corrected chi connectivity index (χ3v) is 3.48. The van der Waals surface area contributed by atoms with E-state index in [-0.39, 0.29) is 5.66 Å². The zero-order valence-corrected chi connectivity index (χ0v) is 10.3. The van der Waals surface area contributed by atoms with E-state index in [0.717, 1.165) is 6.42 Å². The average Bonchev–Trinajstić information content (AvgIpc) is 2.44. The van der Waals surface area contributed by atoms with E-state index in [2.05, 4.69) is 68.0 Å². The van der Waals surface area contributed by atoms with Crippen molar-refractivity contribution in [2.75, 3.05) is 7.05 Å². The lowest BCUT2D eigenvalue weighted by Crippen LogP contribution is -2.45. The van der Waals surface area contributed by atoms with Crippen LogP contribution in [-0.2, 0) is 6.42 Å². The third kappa shape index (κ3) is 1.98. The minimum Gasteiger partial charge on any atom is -0.359 e. The van der Waals surface area contributed by atoms with Gasteiger partial charge in [-0.2, -0.15) is 0 Å². The normalized spacial score (nSPS) is 23.8. The number of nitrogens with one attached hydrogen (secondary N) is 1. The van der Waals surface area contributed by atoms with Gasteiger partial charge in [0.05, 0.1) is 11.7 Å². The number of likely N-dealkylation sites (N-methyl/N-ethyl adjacent to an activating group) is 1. The average molecular weight is 216 g/mol. The molecule has 1 aliphatic rings. The first-order valence-corrected chi connectivity index (χ1v) is 5.75.